The molecule has 3 heterocycles. The van der Waals surface area contributed by atoms with Crippen LogP contribution in [-0.4, -0.2) is 39.1 Å². The van der Waals surface area contributed by atoms with Gasteiger partial charge in [0, 0.05) is 29.5 Å². The topological polar surface area (TPSA) is 120 Å². The van der Waals surface area contributed by atoms with Gasteiger partial charge in [-0.15, -0.1) is 10.2 Å². The van der Waals surface area contributed by atoms with Crippen LogP contribution in [0.4, 0.5) is 0 Å². The van der Waals surface area contributed by atoms with E-state index in [1.807, 2.05) is 47.7 Å². The molecule has 37 heavy (non-hydrogen) atoms. The largest absolute Gasteiger partial charge is 0.343 e. The van der Waals surface area contributed by atoms with Gasteiger partial charge >= 0.3 is 0 Å². The molecule has 188 valence electrons. The fraction of sp³-hybridized carbons (Fsp3) is 0.269. The van der Waals surface area contributed by atoms with Crippen molar-refractivity contribution in [2.24, 2.45) is 0 Å². The minimum atomic E-state index is -2.94. The molecular formula is C26H26N7O3P. The second-order valence-electron chi connectivity index (χ2n) is 9.12. The summed E-state index contributed by atoms with van der Waals surface area (Å²) >= 11 is 0. The van der Waals surface area contributed by atoms with Gasteiger partial charge in [0.25, 0.3) is 5.56 Å². The molecule has 1 aliphatic carbocycles. The molecule has 0 amide bonds. The Kier molecular flexibility index (Phi) is 5.85. The molecule has 2 unspecified atom stereocenters. The van der Waals surface area contributed by atoms with Crippen molar-refractivity contribution in [2.75, 3.05) is 0 Å². The third kappa shape index (κ3) is 3.75. The van der Waals surface area contributed by atoms with E-state index in [4.69, 9.17) is 0 Å². The van der Waals surface area contributed by atoms with Crippen LogP contribution in [0.25, 0.3) is 16.9 Å². The van der Waals surface area contributed by atoms with Gasteiger partial charge in [0.05, 0.1) is 30.0 Å². The molecule has 1 N–H and O–H groups in total. The summed E-state index contributed by atoms with van der Waals surface area (Å²) in [5, 5.41) is 13.4. The SMILES string of the molecule is CCC1c2c(cccc2[PH](=O)O)-c2c1n1c(Cc3nnn(Cc4ccccc4)n3)cnc1c(=O)n2CC. The maximum atomic E-state index is 13.5. The monoisotopic (exact) mass is 515 g/mol. The first-order valence-electron chi connectivity index (χ1n) is 12.3. The van der Waals surface area contributed by atoms with Gasteiger partial charge in [-0.05, 0) is 35.8 Å². The number of tetrazole rings is 1. The zero-order chi connectivity index (χ0) is 25.7. The molecule has 0 radical (unpaired) electrons. The van der Waals surface area contributed by atoms with Crippen LogP contribution in [0, 0.1) is 0 Å². The first-order valence-corrected chi connectivity index (χ1v) is 13.7. The van der Waals surface area contributed by atoms with Crippen LogP contribution >= 0.6 is 8.03 Å². The molecule has 2 atom stereocenters. The highest BCUT2D eigenvalue weighted by Crippen LogP contribution is 2.47. The maximum absolute atomic E-state index is 13.5. The summed E-state index contributed by atoms with van der Waals surface area (Å²) in [7, 11) is -2.94. The Morgan fingerprint density at radius 1 is 1.08 bits per heavy atom. The molecule has 0 aliphatic heterocycles. The second-order valence-corrected chi connectivity index (χ2v) is 10.3. The summed E-state index contributed by atoms with van der Waals surface area (Å²) in [6, 6.07) is 15.3. The molecule has 10 nitrogen and oxygen atoms in total. The lowest BCUT2D eigenvalue weighted by atomic mass is 9.97. The van der Waals surface area contributed by atoms with E-state index in [9.17, 15) is 14.3 Å². The van der Waals surface area contributed by atoms with E-state index < -0.39 is 8.03 Å². The van der Waals surface area contributed by atoms with E-state index in [-0.39, 0.29) is 11.5 Å². The number of rotatable bonds is 7. The molecule has 2 aromatic carbocycles. The zero-order valence-corrected chi connectivity index (χ0v) is 21.5. The lowest BCUT2D eigenvalue weighted by Crippen LogP contribution is -2.26. The third-order valence-electron chi connectivity index (χ3n) is 7.02. The minimum Gasteiger partial charge on any atom is -0.343 e. The first-order chi connectivity index (χ1) is 18.0. The van der Waals surface area contributed by atoms with E-state index in [1.54, 1.807) is 27.7 Å². The summed E-state index contributed by atoms with van der Waals surface area (Å²) in [5.74, 6) is 0.369. The quantitative estimate of drug-likeness (QED) is 0.331. The molecule has 0 saturated carbocycles. The average molecular weight is 516 g/mol. The van der Waals surface area contributed by atoms with Crippen molar-refractivity contribution >= 4 is 19.0 Å². The highest BCUT2D eigenvalue weighted by molar-refractivity contribution is 7.47. The first kappa shape index (κ1) is 23.5. The number of benzene rings is 2. The summed E-state index contributed by atoms with van der Waals surface area (Å²) in [4.78, 5) is 29.7. The van der Waals surface area contributed by atoms with Crippen molar-refractivity contribution in [1.82, 2.24) is 34.2 Å². The summed E-state index contributed by atoms with van der Waals surface area (Å²) in [5.41, 5.74) is 5.33. The molecule has 11 heteroatoms. The van der Waals surface area contributed by atoms with E-state index in [0.717, 1.165) is 33.8 Å². The molecule has 3 aromatic heterocycles. The van der Waals surface area contributed by atoms with Crippen LogP contribution in [0.15, 0.2) is 59.5 Å². The number of hydrogen-bond acceptors (Lipinski definition) is 6. The van der Waals surface area contributed by atoms with Gasteiger partial charge in [-0.25, -0.2) is 4.98 Å². The van der Waals surface area contributed by atoms with Crippen molar-refractivity contribution in [3.05, 3.63) is 93.4 Å². The lowest BCUT2D eigenvalue weighted by molar-refractivity contribution is 0.513. The summed E-state index contributed by atoms with van der Waals surface area (Å²) in [6.45, 7) is 4.95. The van der Waals surface area contributed by atoms with Gasteiger partial charge in [-0.2, -0.15) is 4.80 Å². The Labute approximate surface area is 213 Å². The van der Waals surface area contributed by atoms with E-state index in [2.05, 4.69) is 27.3 Å². The Morgan fingerprint density at radius 2 is 1.89 bits per heavy atom. The third-order valence-corrected chi connectivity index (χ3v) is 7.92. The van der Waals surface area contributed by atoms with Crippen molar-refractivity contribution in [3.63, 3.8) is 0 Å². The van der Waals surface area contributed by atoms with Crippen LogP contribution < -0.4 is 10.9 Å². The van der Waals surface area contributed by atoms with Gasteiger partial charge in [0.1, 0.15) is 0 Å². The number of nitrogens with zero attached hydrogens (tertiary/aromatic N) is 7. The average Bonchev–Trinajstić information content (AvgIpc) is 3.61. The van der Waals surface area contributed by atoms with Crippen molar-refractivity contribution < 1.29 is 9.46 Å². The molecule has 0 spiro atoms. The van der Waals surface area contributed by atoms with Crippen LogP contribution in [0.3, 0.4) is 0 Å². The standard InChI is InChI=1S/C26H26N7O3P/c1-3-18-22-19(11-8-12-20(22)37(35)36)23-24(18)33-17(14-27-25(33)26(34)31(23)4-2)13-21-28-30-32(29-21)15-16-9-6-5-7-10-16/h5-12,14,18,37H,3-4,13,15H2,1-2H3,(H,35,36). The normalized spacial score (nSPS) is 15.2. The molecule has 5 aromatic rings. The van der Waals surface area contributed by atoms with Crippen molar-refractivity contribution in [1.29, 1.82) is 0 Å². The zero-order valence-electron chi connectivity index (χ0n) is 20.5. The highest BCUT2D eigenvalue weighted by atomic mass is 31.1. The Morgan fingerprint density at radius 3 is 2.62 bits per heavy atom. The van der Waals surface area contributed by atoms with Gasteiger partial charge in [0.2, 0.25) is 13.7 Å². The van der Waals surface area contributed by atoms with Crippen LogP contribution in [0.5, 0.6) is 0 Å². The lowest BCUT2D eigenvalue weighted by Gasteiger charge is -2.17. The summed E-state index contributed by atoms with van der Waals surface area (Å²) < 4.78 is 16.0. The predicted molar refractivity (Wildman–Crippen MR) is 140 cm³/mol. The fourth-order valence-electron chi connectivity index (χ4n) is 5.49. The predicted octanol–water partition coefficient (Wildman–Crippen LogP) is 2.76. The number of imidazole rings is 1. The van der Waals surface area contributed by atoms with Gasteiger partial charge in [-0.3, -0.25) is 13.8 Å². The Hall–Kier alpha value is -3.88. The van der Waals surface area contributed by atoms with Crippen LogP contribution in [-0.2, 0) is 24.1 Å². The summed E-state index contributed by atoms with van der Waals surface area (Å²) in [6.07, 6.45) is 2.74. The van der Waals surface area contributed by atoms with Crippen LogP contribution in [0.1, 0.15) is 54.5 Å². The molecule has 6 rings (SSSR count). The second kappa shape index (κ2) is 9.21. The van der Waals surface area contributed by atoms with Gasteiger partial charge in [0.15, 0.2) is 5.82 Å². The van der Waals surface area contributed by atoms with Crippen LogP contribution in [0.2, 0.25) is 0 Å². The molecule has 0 saturated heterocycles. The van der Waals surface area contributed by atoms with E-state index in [1.165, 1.54) is 0 Å². The van der Waals surface area contributed by atoms with E-state index >= 15 is 0 Å². The molecule has 1 aliphatic rings. The number of hydrogen-bond donors (Lipinski definition) is 1. The molecular weight excluding hydrogens is 489 g/mol. The fourth-order valence-corrected chi connectivity index (χ4v) is 6.27. The van der Waals surface area contributed by atoms with Gasteiger partial charge < -0.3 is 9.46 Å². The minimum absolute atomic E-state index is 0.155. The Bertz CT molecular complexity index is 1720. The molecule has 0 fully saturated rings. The van der Waals surface area contributed by atoms with Gasteiger partial charge in [-0.1, -0.05) is 49.4 Å². The molecule has 0 bridgehead atoms. The van der Waals surface area contributed by atoms with E-state index in [0.29, 0.717) is 42.7 Å². The highest BCUT2D eigenvalue weighted by Gasteiger charge is 2.36. The smallest absolute Gasteiger partial charge is 0.294 e. The number of aromatic nitrogens is 7. The van der Waals surface area contributed by atoms with Crippen molar-refractivity contribution in [3.8, 4) is 11.3 Å². The van der Waals surface area contributed by atoms with Crippen molar-refractivity contribution in [2.45, 2.75) is 45.7 Å². The number of fused-ring (bicyclic) bond motifs is 5. The Balaban J connectivity index is 1.50. The maximum Gasteiger partial charge on any atom is 0.294 e.